The molecular formula is C16H21BrN2OS. The highest BCUT2D eigenvalue weighted by Gasteiger charge is 2.10. The molecular weight excluding hydrogens is 348 g/mol. The van der Waals surface area contributed by atoms with Gasteiger partial charge in [0.15, 0.2) is 0 Å². The average molecular weight is 369 g/mol. The van der Waals surface area contributed by atoms with Gasteiger partial charge < -0.3 is 10.1 Å². The van der Waals surface area contributed by atoms with Gasteiger partial charge in [-0.1, -0.05) is 29.8 Å². The van der Waals surface area contributed by atoms with E-state index in [9.17, 15) is 0 Å². The maximum absolute atomic E-state index is 6.03. The summed E-state index contributed by atoms with van der Waals surface area (Å²) in [6.45, 7) is 8.89. The fourth-order valence-corrected chi connectivity index (χ4v) is 3.21. The zero-order valence-electron chi connectivity index (χ0n) is 12.6. The predicted octanol–water partition coefficient (Wildman–Crippen LogP) is 4.54. The topological polar surface area (TPSA) is 34.1 Å². The van der Waals surface area contributed by atoms with Gasteiger partial charge in [0.25, 0.3) is 0 Å². The molecule has 0 aliphatic heterocycles. The molecule has 3 nitrogen and oxygen atoms in total. The van der Waals surface area contributed by atoms with Crippen LogP contribution in [0, 0.1) is 12.8 Å². The van der Waals surface area contributed by atoms with E-state index in [1.54, 1.807) is 11.3 Å². The number of ether oxygens (including phenoxy) is 1. The SMILES string of the molecule is Cc1cc(Br)cc(CNCC(C)C)c1OCc1cncs1. The molecule has 0 amide bonds. The maximum Gasteiger partial charge on any atom is 0.127 e. The van der Waals surface area contributed by atoms with Gasteiger partial charge in [-0.25, -0.2) is 0 Å². The lowest BCUT2D eigenvalue weighted by atomic mass is 10.1. The molecule has 21 heavy (non-hydrogen) atoms. The van der Waals surface area contributed by atoms with E-state index in [-0.39, 0.29) is 0 Å². The molecule has 0 bridgehead atoms. The lowest BCUT2D eigenvalue weighted by Gasteiger charge is -2.16. The quantitative estimate of drug-likeness (QED) is 0.778. The van der Waals surface area contributed by atoms with Crippen molar-refractivity contribution in [3.8, 4) is 5.75 Å². The number of nitrogens with one attached hydrogen (secondary N) is 1. The number of nitrogens with zero attached hydrogens (tertiary/aromatic N) is 1. The number of hydrogen-bond acceptors (Lipinski definition) is 4. The van der Waals surface area contributed by atoms with Crippen molar-refractivity contribution in [1.29, 1.82) is 0 Å². The number of aromatic nitrogens is 1. The largest absolute Gasteiger partial charge is 0.487 e. The first-order chi connectivity index (χ1) is 10.1. The summed E-state index contributed by atoms with van der Waals surface area (Å²) in [5, 5.41) is 3.48. The molecule has 0 saturated carbocycles. The Morgan fingerprint density at radius 3 is 2.86 bits per heavy atom. The monoisotopic (exact) mass is 368 g/mol. The van der Waals surface area contributed by atoms with Crippen molar-refractivity contribution in [3.63, 3.8) is 0 Å². The lowest BCUT2D eigenvalue weighted by molar-refractivity contribution is 0.303. The van der Waals surface area contributed by atoms with E-state index in [1.165, 1.54) is 5.56 Å². The van der Waals surface area contributed by atoms with Crippen LogP contribution < -0.4 is 10.1 Å². The second-order valence-electron chi connectivity index (χ2n) is 5.49. The van der Waals surface area contributed by atoms with E-state index in [2.05, 4.69) is 59.1 Å². The summed E-state index contributed by atoms with van der Waals surface area (Å²) in [6.07, 6.45) is 1.86. The molecule has 0 aliphatic carbocycles. The van der Waals surface area contributed by atoms with E-state index in [0.29, 0.717) is 12.5 Å². The van der Waals surface area contributed by atoms with E-state index >= 15 is 0 Å². The molecule has 2 rings (SSSR count). The van der Waals surface area contributed by atoms with Crippen molar-refractivity contribution in [1.82, 2.24) is 10.3 Å². The van der Waals surface area contributed by atoms with E-state index in [0.717, 1.165) is 33.8 Å². The number of hydrogen-bond donors (Lipinski definition) is 1. The first-order valence-electron chi connectivity index (χ1n) is 7.06. The Labute approximate surface area is 138 Å². The van der Waals surface area contributed by atoms with Crippen LogP contribution in [0.25, 0.3) is 0 Å². The molecule has 0 saturated heterocycles. The van der Waals surface area contributed by atoms with Crippen LogP contribution in [0.3, 0.4) is 0 Å². The minimum atomic E-state index is 0.574. The van der Waals surface area contributed by atoms with Crippen LogP contribution in [0.15, 0.2) is 28.3 Å². The van der Waals surface area contributed by atoms with Gasteiger partial charge in [0.1, 0.15) is 12.4 Å². The second-order valence-corrected chi connectivity index (χ2v) is 7.38. The summed E-state index contributed by atoms with van der Waals surface area (Å²) in [5.41, 5.74) is 4.17. The zero-order valence-corrected chi connectivity index (χ0v) is 15.1. The Kier molecular flexibility index (Phi) is 6.21. The normalized spacial score (nSPS) is 11.1. The van der Waals surface area contributed by atoms with E-state index in [1.807, 2.05) is 11.7 Å². The lowest BCUT2D eigenvalue weighted by Crippen LogP contribution is -2.19. The highest BCUT2D eigenvalue weighted by molar-refractivity contribution is 9.10. The molecule has 0 unspecified atom stereocenters. The van der Waals surface area contributed by atoms with Crippen LogP contribution in [0.2, 0.25) is 0 Å². The highest BCUT2D eigenvalue weighted by Crippen LogP contribution is 2.29. The molecule has 0 radical (unpaired) electrons. The summed E-state index contributed by atoms with van der Waals surface area (Å²) in [7, 11) is 0. The van der Waals surface area contributed by atoms with Gasteiger partial charge in [-0.05, 0) is 37.1 Å². The van der Waals surface area contributed by atoms with Crippen molar-refractivity contribution < 1.29 is 4.74 Å². The molecule has 0 fully saturated rings. The van der Waals surface area contributed by atoms with E-state index < -0.39 is 0 Å². The van der Waals surface area contributed by atoms with Crippen molar-refractivity contribution >= 4 is 27.3 Å². The number of benzene rings is 1. The third-order valence-electron chi connectivity index (χ3n) is 3.03. The molecule has 114 valence electrons. The molecule has 5 heteroatoms. The molecule has 1 aromatic heterocycles. The summed E-state index contributed by atoms with van der Waals surface area (Å²) in [5.74, 6) is 1.61. The Morgan fingerprint density at radius 2 is 2.19 bits per heavy atom. The molecule has 0 atom stereocenters. The first-order valence-corrected chi connectivity index (χ1v) is 8.73. The van der Waals surface area contributed by atoms with Gasteiger partial charge in [0.05, 0.1) is 10.4 Å². The van der Waals surface area contributed by atoms with Gasteiger partial charge in [0, 0.05) is 22.8 Å². The number of halogens is 1. The van der Waals surface area contributed by atoms with Crippen LogP contribution in [-0.4, -0.2) is 11.5 Å². The summed E-state index contributed by atoms with van der Waals surface area (Å²) in [6, 6.07) is 4.22. The highest BCUT2D eigenvalue weighted by atomic mass is 79.9. The summed E-state index contributed by atoms with van der Waals surface area (Å²) >= 11 is 5.18. The predicted molar refractivity (Wildman–Crippen MR) is 91.9 cm³/mol. The standard InChI is InChI=1S/C16H21BrN2OS/c1-11(2)6-18-7-13-5-14(17)4-12(3)16(13)20-9-15-8-19-10-21-15/h4-5,8,10-11,18H,6-7,9H2,1-3H3. The maximum atomic E-state index is 6.03. The van der Waals surface area contributed by atoms with Crippen LogP contribution in [-0.2, 0) is 13.2 Å². The molecule has 1 heterocycles. The molecule has 1 aromatic carbocycles. The minimum Gasteiger partial charge on any atom is -0.487 e. The number of rotatable bonds is 7. The Bertz CT molecular complexity index is 570. The fraction of sp³-hybridized carbons (Fsp3) is 0.438. The van der Waals surface area contributed by atoms with Crippen molar-refractivity contribution in [2.75, 3.05) is 6.54 Å². The minimum absolute atomic E-state index is 0.574. The Hall–Kier alpha value is -0.910. The molecule has 1 N–H and O–H groups in total. The number of thiazole rings is 1. The van der Waals surface area contributed by atoms with E-state index in [4.69, 9.17) is 4.74 Å². The average Bonchev–Trinajstić information content (AvgIpc) is 2.90. The Balaban J connectivity index is 2.09. The second kappa shape index (κ2) is 7.92. The third kappa shape index (κ3) is 5.09. The summed E-state index contributed by atoms with van der Waals surface area (Å²) < 4.78 is 7.12. The zero-order chi connectivity index (χ0) is 15.2. The first kappa shape index (κ1) is 16.5. The fourth-order valence-electron chi connectivity index (χ4n) is 2.09. The van der Waals surface area contributed by atoms with Gasteiger partial charge in [-0.3, -0.25) is 4.98 Å². The van der Waals surface area contributed by atoms with Crippen LogP contribution in [0.4, 0.5) is 0 Å². The van der Waals surface area contributed by atoms with Gasteiger partial charge in [-0.15, -0.1) is 11.3 Å². The Morgan fingerprint density at radius 1 is 1.38 bits per heavy atom. The van der Waals surface area contributed by atoms with Crippen molar-refractivity contribution in [2.24, 2.45) is 5.92 Å². The molecule has 0 spiro atoms. The molecule has 0 aliphatic rings. The van der Waals surface area contributed by atoms with Crippen LogP contribution >= 0.6 is 27.3 Å². The smallest absolute Gasteiger partial charge is 0.127 e. The van der Waals surface area contributed by atoms with Gasteiger partial charge in [0.2, 0.25) is 0 Å². The van der Waals surface area contributed by atoms with Crippen molar-refractivity contribution in [2.45, 2.75) is 33.9 Å². The van der Waals surface area contributed by atoms with Crippen molar-refractivity contribution in [3.05, 3.63) is 44.3 Å². The van der Waals surface area contributed by atoms with Gasteiger partial charge in [-0.2, -0.15) is 0 Å². The number of aryl methyl sites for hydroxylation is 1. The summed E-state index contributed by atoms with van der Waals surface area (Å²) in [4.78, 5) is 5.22. The molecule has 2 aromatic rings. The van der Waals surface area contributed by atoms with Gasteiger partial charge >= 0.3 is 0 Å². The van der Waals surface area contributed by atoms with Crippen LogP contribution in [0.1, 0.15) is 29.9 Å². The third-order valence-corrected chi connectivity index (χ3v) is 4.24. The van der Waals surface area contributed by atoms with Crippen LogP contribution in [0.5, 0.6) is 5.75 Å².